The first kappa shape index (κ1) is 12.8. The molecular formula is C13H18ClFN2. The molecule has 94 valence electrons. The zero-order valence-electron chi connectivity index (χ0n) is 10.0. The summed E-state index contributed by atoms with van der Waals surface area (Å²) in [7, 11) is 0. The highest BCUT2D eigenvalue weighted by molar-refractivity contribution is 6.31. The van der Waals surface area contributed by atoms with E-state index in [9.17, 15) is 4.39 Å². The first-order valence-corrected chi connectivity index (χ1v) is 6.43. The Labute approximate surface area is 107 Å². The van der Waals surface area contributed by atoms with E-state index in [0.29, 0.717) is 23.2 Å². The first-order chi connectivity index (χ1) is 8.16. The highest BCUT2D eigenvalue weighted by Crippen LogP contribution is 2.20. The Morgan fingerprint density at radius 2 is 2.35 bits per heavy atom. The predicted molar refractivity (Wildman–Crippen MR) is 68.9 cm³/mol. The average Bonchev–Trinajstić information content (AvgIpc) is 2.33. The molecule has 1 aliphatic rings. The quantitative estimate of drug-likeness (QED) is 0.869. The van der Waals surface area contributed by atoms with Gasteiger partial charge in [-0.05, 0) is 49.6 Å². The first-order valence-electron chi connectivity index (χ1n) is 6.05. The van der Waals surface area contributed by atoms with Crippen molar-refractivity contribution in [3.8, 4) is 0 Å². The Kier molecular flexibility index (Phi) is 4.37. The summed E-state index contributed by atoms with van der Waals surface area (Å²) in [5.41, 5.74) is 1.43. The van der Waals surface area contributed by atoms with Gasteiger partial charge in [0.2, 0.25) is 0 Å². The maximum Gasteiger partial charge on any atom is 0.126 e. The highest BCUT2D eigenvalue weighted by atomic mass is 35.5. The molecule has 1 aromatic rings. The number of hydrogen-bond donors (Lipinski definition) is 2. The van der Waals surface area contributed by atoms with Gasteiger partial charge in [0.25, 0.3) is 0 Å². The minimum Gasteiger partial charge on any atom is -0.315 e. The third-order valence-corrected chi connectivity index (χ3v) is 3.56. The van der Waals surface area contributed by atoms with Crippen molar-refractivity contribution in [1.29, 1.82) is 0 Å². The molecule has 1 saturated heterocycles. The average molecular weight is 257 g/mol. The molecule has 1 aliphatic heterocycles. The topological polar surface area (TPSA) is 24.1 Å². The third-order valence-electron chi connectivity index (χ3n) is 3.21. The van der Waals surface area contributed by atoms with Crippen molar-refractivity contribution in [2.45, 2.75) is 32.4 Å². The minimum absolute atomic E-state index is 0.187. The van der Waals surface area contributed by atoms with Crippen molar-refractivity contribution in [1.82, 2.24) is 10.6 Å². The lowest BCUT2D eigenvalue weighted by Gasteiger charge is -2.24. The van der Waals surface area contributed by atoms with Gasteiger partial charge in [-0.15, -0.1) is 0 Å². The fourth-order valence-electron chi connectivity index (χ4n) is 2.10. The zero-order chi connectivity index (χ0) is 12.3. The molecule has 1 heterocycles. The van der Waals surface area contributed by atoms with Crippen LogP contribution in [-0.4, -0.2) is 19.1 Å². The van der Waals surface area contributed by atoms with Crippen LogP contribution in [0.3, 0.4) is 0 Å². The Morgan fingerprint density at radius 1 is 1.53 bits per heavy atom. The lowest BCUT2D eigenvalue weighted by molar-refractivity contribution is 0.389. The van der Waals surface area contributed by atoms with Crippen molar-refractivity contribution in [3.63, 3.8) is 0 Å². The molecule has 0 spiro atoms. The Morgan fingerprint density at radius 3 is 3.06 bits per heavy atom. The fraction of sp³-hybridized carbons (Fsp3) is 0.538. The lowest BCUT2D eigenvalue weighted by Crippen LogP contribution is -2.42. The van der Waals surface area contributed by atoms with Crippen LogP contribution in [-0.2, 0) is 6.54 Å². The van der Waals surface area contributed by atoms with Crippen molar-refractivity contribution in [2.24, 2.45) is 0 Å². The van der Waals surface area contributed by atoms with E-state index < -0.39 is 0 Å². The van der Waals surface area contributed by atoms with Crippen LogP contribution < -0.4 is 10.6 Å². The number of nitrogens with one attached hydrogen (secondary N) is 2. The summed E-state index contributed by atoms with van der Waals surface area (Å²) in [6.07, 6.45) is 2.35. The van der Waals surface area contributed by atoms with Crippen LogP contribution >= 0.6 is 11.6 Å². The van der Waals surface area contributed by atoms with E-state index in [1.165, 1.54) is 18.9 Å². The lowest BCUT2D eigenvalue weighted by atomic mass is 10.1. The van der Waals surface area contributed by atoms with Crippen molar-refractivity contribution >= 4 is 11.6 Å². The third kappa shape index (κ3) is 3.41. The minimum atomic E-state index is -0.187. The molecule has 1 unspecified atom stereocenters. The van der Waals surface area contributed by atoms with Gasteiger partial charge >= 0.3 is 0 Å². The Balaban J connectivity index is 1.96. The van der Waals surface area contributed by atoms with E-state index in [0.717, 1.165) is 18.7 Å². The molecule has 0 saturated carbocycles. The summed E-state index contributed by atoms with van der Waals surface area (Å²) < 4.78 is 13.4. The largest absolute Gasteiger partial charge is 0.315 e. The summed E-state index contributed by atoms with van der Waals surface area (Å²) >= 11 is 6.10. The van der Waals surface area contributed by atoms with Gasteiger partial charge < -0.3 is 10.6 Å². The summed E-state index contributed by atoms with van der Waals surface area (Å²) in [4.78, 5) is 0. The van der Waals surface area contributed by atoms with E-state index in [2.05, 4.69) is 10.6 Å². The normalized spacial score (nSPS) is 20.5. The van der Waals surface area contributed by atoms with Crippen molar-refractivity contribution < 1.29 is 4.39 Å². The number of benzene rings is 1. The van der Waals surface area contributed by atoms with Gasteiger partial charge in [-0.1, -0.05) is 11.6 Å². The molecule has 4 heteroatoms. The van der Waals surface area contributed by atoms with Crippen molar-refractivity contribution in [3.05, 3.63) is 34.1 Å². The molecule has 0 aliphatic carbocycles. The second kappa shape index (κ2) is 5.80. The molecular weight excluding hydrogens is 239 g/mol. The summed E-state index contributed by atoms with van der Waals surface area (Å²) in [6, 6.07) is 3.68. The van der Waals surface area contributed by atoms with E-state index in [1.807, 2.05) is 0 Å². The van der Waals surface area contributed by atoms with Crippen LogP contribution in [0.2, 0.25) is 5.02 Å². The van der Waals surface area contributed by atoms with Crippen LogP contribution in [0.15, 0.2) is 12.1 Å². The molecule has 2 nitrogen and oxygen atoms in total. The fourth-order valence-corrected chi connectivity index (χ4v) is 2.39. The number of aryl methyl sites for hydroxylation is 1. The van der Waals surface area contributed by atoms with Crippen LogP contribution in [0.5, 0.6) is 0 Å². The molecule has 0 amide bonds. The summed E-state index contributed by atoms with van der Waals surface area (Å²) in [5, 5.41) is 7.39. The molecule has 1 atom stereocenters. The molecule has 0 aromatic heterocycles. The molecule has 0 bridgehead atoms. The number of rotatable bonds is 3. The van der Waals surface area contributed by atoms with Gasteiger partial charge in [0.1, 0.15) is 5.82 Å². The van der Waals surface area contributed by atoms with Gasteiger partial charge in [0.15, 0.2) is 0 Å². The maximum absolute atomic E-state index is 13.4. The predicted octanol–water partition coefficient (Wildman–Crippen LogP) is 2.63. The van der Waals surface area contributed by atoms with Gasteiger partial charge in [0, 0.05) is 24.2 Å². The van der Waals surface area contributed by atoms with E-state index in [1.54, 1.807) is 13.0 Å². The summed E-state index contributed by atoms with van der Waals surface area (Å²) in [5.74, 6) is -0.187. The second-order valence-electron chi connectivity index (χ2n) is 4.62. The van der Waals surface area contributed by atoms with E-state index >= 15 is 0 Å². The van der Waals surface area contributed by atoms with Crippen molar-refractivity contribution in [2.75, 3.05) is 13.1 Å². The monoisotopic (exact) mass is 256 g/mol. The highest BCUT2D eigenvalue weighted by Gasteiger charge is 2.13. The molecule has 1 fully saturated rings. The molecule has 0 radical (unpaired) electrons. The van der Waals surface area contributed by atoms with Gasteiger partial charge in [-0.3, -0.25) is 0 Å². The van der Waals surface area contributed by atoms with Crippen LogP contribution in [0, 0.1) is 12.7 Å². The molecule has 1 aromatic carbocycles. The second-order valence-corrected chi connectivity index (χ2v) is 5.02. The Hall–Kier alpha value is -0.640. The van der Waals surface area contributed by atoms with E-state index in [-0.39, 0.29) is 5.82 Å². The van der Waals surface area contributed by atoms with Gasteiger partial charge in [-0.25, -0.2) is 4.39 Å². The molecule has 17 heavy (non-hydrogen) atoms. The summed E-state index contributed by atoms with van der Waals surface area (Å²) in [6.45, 7) is 4.43. The SMILES string of the molecule is Cc1cc(Cl)c(CNC2CCCNC2)cc1F. The maximum atomic E-state index is 13.4. The molecule has 2 rings (SSSR count). The Bertz CT molecular complexity index is 389. The molecule has 2 N–H and O–H groups in total. The van der Waals surface area contributed by atoms with Gasteiger partial charge in [0.05, 0.1) is 0 Å². The number of hydrogen-bond acceptors (Lipinski definition) is 2. The zero-order valence-corrected chi connectivity index (χ0v) is 10.8. The van der Waals surface area contributed by atoms with Gasteiger partial charge in [-0.2, -0.15) is 0 Å². The van der Waals surface area contributed by atoms with E-state index in [4.69, 9.17) is 11.6 Å². The van der Waals surface area contributed by atoms with Crippen LogP contribution in [0.1, 0.15) is 24.0 Å². The standard InChI is InChI=1S/C13H18ClFN2/c1-9-5-12(14)10(6-13(9)15)7-17-11-3-2-4-16-8-11/h5-6,11,16-17H,2-4,7-8H2,1H3. The van der Waals surface area contributed by atoms with Crippen LogP contribution in [0.25, 0.3) is 0 Å². The van der Waals surface area contributed by atoms with Crippen LogP contribution in [0.4, 0.5) is 4.39 Å². The number of piperidine rings is 1. The number of halogens is 2. The smallest absolute Gasteiger partial charge is 0.126 e.